The van der Waals surface area contributed by atoms with E-state index in [1.807, 2.05) is 19.9 Å². The lowest BCUT2D eigenvalue weighted by atomic mass is 9.94. The van der Waals surface area contributed by atoms with Gasteiger partial charge in [-0.3, -0.25) is 14.5 Å². The zero-order chi connectivity index (χ0) is 25.3. The molecule has 1 aliphatic rings. The van der Waals surface area contributed by atoms with Gasteiger partial charge >= 0.3 is 5.97 Å². The summed E-state index contributed by atoms with van der Waals surface area (Å²) in [4.78, 5) is 40.1. The molecule has 0 aromatic heterocycles. The fourth-order valence-corrected chi connectivity index (χ4v) is 4.15. The van der Waals surface area contributed by atoms with Crippen LogP contribution in [0.1, 0.15) is 45.6 Å². The summed E-state index contributed by atoms with van der Waals surface area (Å²) >= 11 is 0. The van der Waals surface area contributed by atoms with Crippen molar-refractivity contribution in [1.29, 1.82) is 0 Å². The van der Waals surface area contributed by atoms with Crippen LogP contribution >= 0.6 is 0 Å². The van der Waals surface area contributed by atoms with Crippen LogP contribution in [0.25, 0.3) is 5.76 Å². The quantitative estimate of drug-likeness (QED) is 0.239. The van der Waals surface area contributed by atoms with Crippen LogP contribution in [-0.4, -0.2) is 34.5 Å². The number of aryl methyl sites for hydroxylation is 2. The zero-order valence-electron chi connectivity index (χ0n) is 19.6. The molecule has 1 fully saturated rings. The van der Waals surface area contributed by atoms with Crippen molar-refractivity contribution in [3.63, 3.8) is 0 Å². The van der Waals surface area contributed by atoms with E-state index in [1.54, 1.807) is 49.4 Å². The molecule has 1 saturated heterocycles. The molecule has 2 N–H and O–H groups in total. The van der Waals surface area contributed by atoms with E-state index in [2.05, 4.69) is 0 Å². The van der Waals surface area contributed by atoms with E-state index in [0.29, 0.717) is 11.1 Å². The van der Waals surface area contributed by atoms with Gasteiger partial charge < -0.3 is 14.9 Å². The number of phenols is 1. The Labute approximate surface area is 202 Å². The number of aliphatic hydroxyl groups is 1. The number of benzene rings is 3. The number of carbonyl (C=O) groups is 3. The van der Waals surface area contributed by atoms with Crippen molar-refractivity contribution in [2.24, 2.45) is 0 Å². The highest BCUT2D eigenvalue weighted by Crippen LogP contribution is 2.43. The Morgan fingerprint density at radius 1 is 0.943 bits per heavy atom. The van der Waals surface area contributed by atoms with Gasteiger partial charge in [0.15, 0.2) is 0 Å². The molecule has 1 atom stereocenters. The molecule has 1 heterocycles. The second-order valence-corrected chi connectivity index (χ2v) is 8.33. The standard InChI is InChI=1S/C28H25NO6/c1-4-35-28(34)20-8-5-9-21(14-20)29-24(18-7-6-10-22(30)15-18)23(26(32)27(29)33)25(31)19-12-11-16(2)17(3)13-19/h5-15,24,30-31H,4H2,1-3H3/b25-23+. The maximum Gasteiger partial charge on any atom is 0.338 e. The summed E-state index contributed by atoms with van der Waals surface area (Å²) in [6.45, 7) is 5.70. The predicted octanol–water partition coefficient (Wildman–Crippen LogP) is 4.81. The maximum atomic E-state index is 13.3. The Bertz CT molecular complexity index is 1370. The molecular weight excluding hydrogens is 446 g/mol. The first-order chi connectivity index (χ1) is 16.7. The molecule has 1 aliphatic heterocycles. The average Bonchev–Trinajstić information content (AvgIpc) is 3.11. The first-order valence-electron chi connectivity index (χ1n) is 11.2. The normalized spacial score (nSPS) is 17.0. The van der Waals surface area contributed by atoms with Crippen LogP contribution in [-0.2, 0) is 14.3 Å². The van der Waals surface area contributed by atoms with Gasteiger partial charge in [-0.25, -0.2) is 4.79 Å². The molecule has 0 spiro atoms. The minimum Gasteiger partial charge on any atom is -0.508 e. The van der Waals surface area contributed by atoms with Gasteiger partial charge in [-0.05, 0) is 73.9 Å². The molecule has 178 valence electrons. The molecule has 3 aromatic rings. The molecule has 0 aliphatic carbocycles. The highest BCUT2D eigenvalue weighted by atomic mass is 16.5. The lowest BCUT2D eigenvalue weighted by Gasteiger charge is -2.26. The molecule has 7 heteroatoms. The third kappa shape index (κ3) is 4.40. The molecule has 3 aromatic carbocycles. The fraction of sp³-hybridized carbons (Fsp3) is 0.179. The number of phenolic OH excluding ortho intramolecular Hbond substituents is 1. The lowest BCUT2D eigenvalue weighted by molar-refractivity contribution is -0.132. The minimum atomic E-state index is -1.03. The predicted molar refractivity (Wildman–Crippen MR) is 131 cm³/mol. The summed E-state index contributed by atoms with van der Waals surface area (Å²) in [5.74, 6) is -2.65. The van der Waals surface area contributed by atoms with Gasteiger partial charge in [-0.1, -0.05) is 30.3 Å². The summed E-state index contributed by atoms with van der Waals surface area (Å²) in [7, 11) is 0. The van der Waals surface area contributed by atoms with Crippen molar-refractivity contribution in [3.8, 4) is 5.75 Å². The number of anilines is 1. The van der Waals surface area contributed by atoms with E-state index >= 15 is 0 Å². The van der Waals surface area contributed by atoms with Crippen molar-refractivity contribution >= 4 is 29.1 Å². The molecule has 0 radical (unpaired) electrons. The molecule has 4 rings (SSSR count). The Kier molecular flexibility index (Phi) is 6.42. The van der Waals surface area contributed by atoms with Crippen molar-refractivity contribution in [2.45, 2.75) is 26.8 Å². The van der Waals surface area contributed by atoms with Gasteiger partial charge in [0.2, 0.25) is 0 Å². The highest BCUT2D eigenvalue weighted by Gasteiger charge is 2.47. The lowest BCUT2D eigenvalue weighted by Crippen LogP contribution is -2.29. The number of carbonyl (C=O) groups excluding carboxylic acids is 3. The Morgan fingerprint density at radius 3 is 2.37 bits per heavy atom. The molecule has 0 bridgehead atoms. The average molecular weight is 472 g/mol. The number of Topliss-reactive ketones (excluding diaryl/α,β-unsaturated/α-hetero) is 1. The van der Waals surface area contributed by atoms with Crippen LogP contribution < -0.4 is 4.90 Å². The van der Waals surface area contributed by atoms with Crippen molar-refractivity contribution in [1.82, 2.24) is 0 Å². The van der Waals surface area contributed by atoms with Crippen LogP contribution in [0.2, 0.25) is 0 Å². The van der Waals surface area contributed by atoms with E-state index in [0.717, 1.165) is 11.1 Å². The Hall–Kier alpha value is -4.39. The van der Waals surface area contributed by atoms with Crippen molar-refractivity contribution in [2.75, 3.05) is 11.5 Å². The number of ether oxygens (including phenoxy) is 1. The third-order valence-corrected chi connectivity index (χ3v) is 6.05. The molecule has 1 amide bonds. The third-order valence-electron chi connectivity index (χ3n) is 6.05. The van der Waals surface area contributed by atoms with Crippen LogP contribution in [0.4, 0.5) is 5.69 Å². The number of nitrogens with zero attached hydrogens (tertiary/aromatic N) is 1. The van der Waals surface area contributed by atoms with Gasteiger partial charge in [-0.15, -0.1) is 0 Å². The largest absolute Gasteiger partial charge is 0.508 e. The maximum absolute atomic E-state index is 13.3. The number of hydrogen-bond acceptors (Lipinski definition) is 6. The van der Waals surface area contributed by atoms with Crippen molar-refractivity contribution in [3.05, 3.63) is 100 Å². The number of esters is 1. The van der Waals surface area contributed by atoms with Crippen LogP contribution in [0.5, 0.6) is 5.75 Å². The Balaban J connectivity index is 1.93. The van der Waals surface area contributed by atoms with Gasteiger partial charge in [-0.2, -0.15) is 0 Å². The van der Waals surface area contributed by atoms with E-state index in [4.69, 9.17) is 4.74 Å². The first kappa shape index (κ1) is 23.8. The zero-order valence-corrected chi connectivity index (χ0v) is 19.6. The summed E-state index contributed by atoms with van der Waals surface area (Å²) in [6.07, 6.45) is 0. The van der Waals surface area contributed by atoms with Gasteiger partial charge in [0.25, 0.3) is 11.7 Å². The number of ketones is 1. The van der Waals surface area contributed by atoms with E-state index < -0.39 is 23.7 Å². The van der Waals surface area contributed by atoms with Crippen molar-refractivity contribution < 1.29 is 29.3 Å². The van der Waals surface area contributed by atoms with Crippen LogP contribution in [0.3, 0.4) is 0 Å². The number of rotatable bonds is 5. The number of amides is 1. The molecule has 35 heavy (non-hydrogen) atoms. The first-order valence-corrected chi connectivity index (χ1v) is 11.2. The van der Waals surface area contributed by atoms with Crippen LogP contribution in [0.15, 0.2) is 72.3 Å². The van der Waals surface area contributed by atoms with Gasteiger partial charge in [0.1, 0.15) is 11.5 Å². The smallest absolute Gasteiger partial charge is 0.338 e. The monoisotopic (exact) mass is 471 g/mol. The number of aliphatic hydroxyl groups excluding tert-OH is 1. The highest BCUT2D eigenvalue weighted by molar-refractivity contribution is 6.51. The Morgan fingerprint density at radius 2 is 1.69 bits per heavy atom. The number of aromatic hydroxyl groups is 1. The second kappa shape index (κ2) is 9.46. The fourth-order valence-electron chi connectivity index (χ4n) is 4.15. The molecule has 1 unspecified atom stereocenters. The minimum absolute atomic E-state index is 0.0560. The summed E-state index contributed by atoms with van der Waals surface area (Å²) in [5.41, 5.74) is 3.15. The van der Waals surface area contributed by atoms with Gasteiger partial charge in [0.05, 0.1) is 23.8 Å². The van der Waals surface area contributed by atoms with Crippen LogP contribution in [0, 0.1) is 13.8 Å². The second-order valence-electron chi connectivity index (χ2n) is 8.33. The SMILES string of the molecule is CCOC(=O)c1cccc(N2C(=O)C(=O)/C(=C(/O)c3ccc(C)c(C)c3)C2c2cccc(O)c2)c1. The summed E-state index contributed by atoms with van der Waals surface area (Å²) in [5, 5.41) is 21.4. The number of hydrogen-bond donors (Lipinski definition) is 2. The topological polar surface area (TPSA) is 104 Å². The van der Waals surface area contributed by atoms with E-state index in [1.165, 1.54) is 23.1 Å². The molecule has 0 saturated carbocycles. The molecular formula is C28H25NO6. The van der Waals surface area contributed by atoms with E-state index in [9.17, 15) is 24.6 Å². The summed E-state index contributed by atoms with van der Waals surface area (Å²) < 4.78 is 5.07. The van der Waals surface area contributed by atoms with E-state index in [-0.39, 0.29) is 34.9 Å². The molecule has 7 nitrogen and oxygen atoms in total. The van der Waals surface area contributed by atoms with Gasteiger partial charge in [0, 0.05) is 11.3 Å². The summed E-state index contributed by atoms with van der Waals surface area (Å²) in [6, 6.07) is 16.6.